The van der Waals surface area contributed by atoms with Gasteiger partial charge in [0.1, 0.15) is 5.82 Å². The molecule has 0 aliphatic heterocycles. The van der Waals surface area contributed by atoms with E-state index in [0.29, 0.717) is 13.1 Å². The predicted octanol–water partition coefficient (Wildman–Crippen LogP) is 0.885. The monoisotopic (exact) mass is 295 g/mol. The third-order valence-electron chi connectivity index (χ3n) is 3.21. The van der Waals surface area contributed by atoms with Gasteiger partial charge in [0.05, 0.1) is 6.54 Å². The zero-order valence-electron chi connectivity index (χ0n) is 12.4. The summed E-state index contributed by atoms with van der Waals surface area (Å²) in [5, 5.41) is 2.71. The number of hydrogen-bond donors (Lipinski definition) is 2. The van der Waals surface area contributed by atoms with Crippen molar-refractivity contribution in [2.45, 2.75) is 20.4 Å². The molecule has 0 aliphatic rings. The second-order valence-corrected chi connectivity index (χ2v) is 4.89. The number of benzene rings is 1. The molecule has 0 aromatic heterocycles. The van der Waals surface area contributed by atoms with E-state index in [4.69, 9.17) is 5.73 Å². The number of carbonyl (C=O) groups excluding carboxylic acids is 2. The van der Waals surface area contributed by atoms with Gasteiger partial charge in [0.25, 0.3) is 0 Å². The Labute approximate surface area is 124 Å². The molecule has 0 saturated heterocycles. The zero-order chi connectivity index (χ0) is 15.8. The second kappa shape index (κ2) is 8.36. The van der Waals surface area contributed by atoms with Crippen LogP contribution in [0.5, 0.6) is 0 Å². The molecular weight excluding hydrogens is 273 g/mol. The van der Waals surface area contributed by atoms with Gasteiger partial charge in [0.15, 0.2) is 0 Å². The molecule has 1 rings (SSSR count). The summed E-state index contributed by atoms with van der Waals surface area (Å²) in [7, 11) is 0. The molecule has 2 amide bonds. The third kappa shape index (κ3) is 5.51. The molecule has 0 spiro atoms. The topological polar surface area (TPSA) is 75.4 Å². The summed E-state index contributed by atoms with van der Waals surface area (Å²) < 4.78 is 12.8. The molecule has 5 nitrogen and oxygen atoms in total. The highest BCUT2D eigenvalue weighted by Gasteiger charge is 2.20. The molecule has 6 heteroatoms. The average molecular weight is 295 g/mol. The summed E-state index contributed by atoms with van der Waals surface area (Å²) in [6.07, 6.45) is 0. The molecule has 1 aromatic carbocycles. The normalized spacial score (nSPS) is 11.8. The zero-order valence-corrected chi connectivity index (χ0v) is 12.4. The number of hydrogen-bond acceptors (Lipinski definition) is 3. The minimum absolute atomic E-state index is 0.000861. The first kappa shape index (κ1) is 17.1. The number of carbonyl (C=O) groups is 2. The van der Waals surface area contributed by atoms with E-state index < -0.39 is 0 Å². The highest BCUT2D eigenvalue weighted by atomic mass is 19.1. The molecule has 1 atom stereocenters. The smallest absolute Gasteiger partial charge is 0.239 e. The first-order valence-electron chi connectivity index (χ1n) is 6.97. The van der Waals surface area contributed by atoms with Crippen molar-refractivity contribution in [3.63, 3.8) is 0 Å². The van der Waals surface area contributed by atoms with Gasteiger partial charge in [-0.15, -0.1) is 0 Å². The van der Waals surface area contributed by atoms with Crippen LogP contribution in [0.15, 0.2) is 24.3 Å². The average Bonchev–Trinajstić information content (AvgIpc) is 2.50. The van der Waals surface area contributed by atoms with Gasteiger partial charge in [0.2, 0.25) is 11.8 Å². The van der Waals surface area contributed by atoms with Crippen molar-refractivity contribution in [3.05, 3.63) is 35.6 Å². The van der Waals surface area contributed by atoms with Gasteiger partial charge in [-0.1, -0.05) is 19.1 Å². The number of likely N-dealkylation sites (N-methyl/N-ethyl adjacent to an activating group) is 1. The maximum absolute atomic E-state index is 12.8. The van der Waals surface area contributed by atoms with Crippen molar-refractivity contribution in [2.24, 2.45) is 11.7 Å². The molecule has 0 aliphatic carbocycles. The Hall–Kier alpha value is -1.95. The molecule has 0 saturated carbocycles. The van der Waals surface area contributed by atoms with E-state index in [1.165, 1.54) is 17.0 Å². The van der Waals surface area contributed by atoms with Gasteiger partial charge >= 0.3 is 0 Å². The third-order valence-corrected chi connectivity index (χ3v) is 3.21. The Balaban J connectivity index is 2.47. The quantitative estimate of drug-likeness (QED) is 0.784. The van der Waals surface area contributed by atoms with Crippen molar-refractivity contribution in [3.8, 4) is 0 Å². The van der Waals surface area contributed by atoms with Gasteiger partial charge in [0, 0.05) is 25.6 Å². The molecular formula is C15H22FN3O2. The Morgan fingerprint density at radius 3 is 2.48 bits per heavy atom. The van der Waals surface area contributed by atoms with Gasteiger partial charge in [-0.2, -0.15) is 0 Å². The van der Waals surface area contributed by atoms with E-state index >= 15 is 0 Å². The molecule has 0 radical (unpaired) electrons. The SMILES string of the molecule is CCN(CC(=O)NCc1ccc(F)cc1)C(=O)C(C)CN. The first-order chi connectivity index (χ1) is 9.97. The highest BCUT2D eigenvalue weighted by molar-refractivity contribution is 5.85. The molecule has 1 unspecified atom stereocenters. The lowest BCUT2D eigenvalue weighted by molar-refractivity contribution is -0.138. The Kier molecular flexibility index (Phi) is 6.81. The van der Waals surface area contributed by atoms with Crippen molar-refractivity contribution in [1.29, 1.82) is 0 Å². The van der Waals surface area contributed by atoms with Gasteiger partial charge in [-0.05, 0) is 24.6 Å². The number of nitrogens with two attached hydrogens (primary N) is 1. The van der Waals surface area contributed by atoms with Crippen LogP contribution in [0.1, 0.15) is 19.4 Å². The van der Waals surface area contributed by atoms with Crippen molar-refractivity contribution in [1.82, 2.24) is 10.2 Å². The largest absolute Gasteiger partial charge is 0.350 e. The van der Waals surface area contributed by atoms with Crippen molar-refractivity contribution < 1.29 is 14.0 Å². The molecule has 0 heterocycles. The fourth-order valence-corrected chi connectivity index (χ4v) is 1.79. The van der Waals surface area contributed by atoms with Crippen molar-refractivity contribution >= 4 is 11.8 Å². The maximum Gasteiger partial charge on any atom is 0.239 e. The van der Waals surface area contributed by atoms with E-state index in [1.54, 1.807) is 19.1 Å². The van der Waals surface area contributed by atoms with Gasteiger partial charge < -0.3 is 16.0 Å². The van der Waals surface area contributed by atoms with Crippen LogP contribution in [0, 0.1) is 11.7 Å². The molecule has 3 N–H and O–H groups in total. The van der Waals surface area contributed by atoms with Crippen LogP contribution in [0.2, 0.25) is 0 Å². The van der Waals surface area contributed by atoms with Crippen LogP contribution in [0.25, 0.3) is 0 Å². The first-order valence-corrected chi connectivity index (χ1v) is 6.97. The summed E-state index contributed by atoms with van der Waals surface area (Å²) in [5.41, 5.74) is 6.26. The fourth-order valence-electron chi connectivity index (χ4n) is 1.79. The second-order valence-electron chi connectivity index (χ2n) is 4.89. The lowest BCUT2D eigenvalue weighted by Gasteiger charge is -2.23. The van der Waals surface area contributed by atoms with Crippen LogP contribution in [-0.2, 0) is 16.1 Å². The molecule has 0 fully saturated rings. The van der Waals surface area contributed by atoms with E-state index in [2.05, 4.69) is 5.32 Å². The maximum atomic E-state index is 12.8. The van der Waals surface area contributed by atoms with E-state index in [9.17, 15) is 14.0 Å². The summed E-state index contributed by atoms with van der Waals surface area (Å²) in [5.74, 6) is -0.992. The number of rotatable bonds is 7. The van der Waals surface area contributed by atoms with Gasteiger partial charge in [-0.25, -0.2) is 4.39 Å². The molecule has 0 bridgehead atoms. The fraction of sp³-hybridized carbons (Fsp3) is 0.467. The van der Waals surface area contributed by atoms with Crippen LogP contribution in [0.4, 0.5) is 4.39 Å². The summed E-state index contributed by atoms with van der Waals surface area (Å²) in [4.78, 5) is 25.3. The van der Waals surface area contributed by atoms with Crippen LogP contribution < -0.4 is 11.1 Å². The highest BCUT2D eigenvalue weighted by Crippen LogP contribution is 2.03. The number of halogens is 1. The number of nitrogens with one attached hydrogen (secondary N) is 1. The van der Waals surface area contributed by atoms with E-state index in [0.717, 1.165) is 5.56 Å². The van der Waals surface area contributed by atoms with Crippen LogP contribution in [-0.4, -0.2) is 36.3 Å². The standard InChI is InChI=1S/C15H22FN3O2/c1-3-19(15(21)11(2)8-17)10-14(20)18-9-12-4-6-13(16)7-5-12/h4-7,11H,3,8-10,17H2,1-2H3,(H,18,20). The van der Waals surface area contributed by atoms with E-state index in [-0.39, 0.29) is 36.6 Å². The number of nitrogens with zero attached hydrogens (tertiary/aromatic N) is 1. The summed E-state index contributed by atoms with van der Waals surface area (Å²) in [6, 6.07) is 5.89. The molecule has 116 valence electrons. The lowest BCUT2D eigenvalue weighted by atomic mass is 10.1. The van der Waals surface area contributed by atoms with Crippen LogP contribution in [0.3, 0.4) is 0 Å². The Bertz CT molecular complexity index is 476. The number of amides is 2. The van der Waals surface area contributed by atoms with E-state index in [1.807, 2.05) is 6.92 Å². The van der Waals surface area contributed by atoms with Crippen molar-refractivity contribution in [2.75, 3.05) is 19.6 Å². The van der Waals surface area contributed by atoms with Gasteiger partial charge in [-0.3, -0.25) is 9.59 Å². The molecule has 21 heavy (non-hydrogen) atoms. The summed E-state index contributed by atoms with van der Waals surface area (Å²) >= 11 is 0. The Morgan fingerprint density at radius 1 is 1.33 bits per heavy atom. The lowest BCUT2D eigenvalue weighted by Crippen LogP contribution is -2.43. The Morgan fingerprint density at radius 2 is 1.95 bits per heavy atom. The molecule has 1 aromatic rings. The summed E-state index contributed by atoms with van der Waals surface area (Å²) in [6.45, 7) is 4.56. The minimum atomic E-state index is -0.316. The van der Waals surface area contributed by atoms with Crippen LogP contribution >= 0.6 is 0 Å². The predicted molar refractivity (Wildman–Crippen MR) is 78.7 cm³/mol. The minimum Gasteiger partial charge on any atom is -0.350 e.